The van der Waals surface area contributed by atoms with Crippen LogP contribution in [0.2, 0.25) is 5.02 Å². The lowest BCUT2D eigenvalue weighted by molar-refractivity contribution is 0.475. The number of rotatable bonds is 2. The Kier molecular flexibility index (Phi) is 3.64. The summed E-state index contributed by atoms with van der Waals surface area (Å²) in [6, 6.07) is 10.9. The van der Waals surface area contributed by atoms with Crippen molar-refractivity contribution in [3.05, 3.63) is 52.0 Å². The van der Waals surface area contributed by atoms with Crippen molar-refractivity contribution < 1.29 is 4.74 Å². The molecule has 3 nitrogen and oxygen atoms in total. The van der Waals surface area contributed by atoms with E-state index in [1.54, 1.807) is 24.3 Å². The van der Waals surface area contributed by atoms with Crippen LogP contribution in [0.1, 0.15) is 16.7 Å². The molecule has 0 bridgehead atoms. The van der Waals surface area contributed by atoms with E-state index >= 15 is 0 Å². The molecule has 0 heterocycles. The Labute approximate surface area is 117 Å². The van der Waals surface area contributed by atoms with Gasteiger partial charge in [-0.2, -0.15) is 5.26 Å². The Balaban J connectivity index is 2.42. The van der Waals surface area contributed by atoms with Gasteiger partial charge in [-0.05, 0) is 43.2 Å². The fraction of sp³-hybridized carbons (Fsp3) is 0.133. The third-order valence-corrected chi connectivity index (χ3v) is 3.16. The summed E-state index contributed by atoms with van der Waals surface area (Å²) in [4.78, 5) is 0. The van der Waals surface area contributed by atoms with Crippen molar-refractivity contribution in [2.45, 2.75) is 13.8 Å². The average Bonchev–Trinajstić information content (AvgIpc) is 2.38. The molecule has 0 atom stereocenters. The van der Waals surface area contributed by atoms with Crippen molar-refractivity contribution in [3.8, 4) is 17.6 Å². The van der Waals surface area contributed by atoms with Crippen LogP contribution >= 0.6 is 11.6 Å². The summed E-state index contributed by atoms with van der Waals surface area (Å²) < 4.78 is 5.83. The molecule has 0 aliphatic rings. The van der Waals surface area contributed by atoms with E-state index in [1.807, 2.05) is 19.9 Å². The predicted molar refractivity (Wildman–Crippen MR) is 76.6 cm³/mol. The normalized spacial score (nSPS) is 10.0. The molecule has 0 saturated carbocycles. The number of halogens is 1. The van der Waals surface area contributed by atoms with Gasteiger partial charge < -0.3 is 10.5 Å². The van der Waals surface area contributed by atoms with Crippen LogP contribution in [0.25, 0.3) is 0 Å². The highest BCUT2D eigenvalue weighted by Gasteiger charge is 2.08. The molecule has 2 aromatic rings. The standard InChI is InChI=1S/C15H13ClN2O/c1-9-3-4-11(8-17)6-14(9)19-15-7-12(16)13(18)5-10(15)2/h3-7H,18H2,1-2H3. The van der Waals surface area contributed by atoms with Gasteiger partial charge in [0.1, 0.15) is 11.5 Å². The largest absolute Gasteiger partial charge is 0.457 e. The van der Waals surface area contributed by atoms with Crippen LogP contribution in [-0.4, -0.2) is 0 Å². The van der Waals surface area contributed by atoms with E-state index in [2.05, 4.69) is 6.07 Å². The molecule has 0 saturated heterocycles. The van der Waals surface area contributed by atoms with Crippen molar-refractivity contribution in [3.63, 3.8) is 0 Å². The maximum absolute atomic E-state index is 8.91. The Hall–Kier alpha value is -2.18. The second-order valence-electron chi connectivity index (χ2n) is 4.33. The zero-order chi connectivity index (χ0) is 14.0. The molecule has 0 unspecified atom stereocenters. The highest BCUT2D eigenvalue weighted by Crippen LogP contribution is 2.33. The number of hydrogen-bond acceptors (Lipinski definition) is 3. The second-order valence-corrected chi connectivity index (χ2v) is 4.74. The first-order valence-electron chi connectivity index (χ1n) is 5.75. The number of nitrogens with zero attached hydrogens (tertiary/aromatic N) is 1. The first kappa shape index (κ1) is 13.3. The van der Waals surface area contributed by atoms with Crippen molar-refractivity contribution in [1.82, 2.24) is 0 Å². The summed E-state index contributed by atoms with van der Waals surface area (Å²) in [7, 11) is 0. The smallest absolute Gasteiger partial charge is 0.131 e. The lowest BCUT2D eigenvalue weighted by atomic mass is 10.1. The quantitative estimate of drug-likeness (QED) is 0.834. The lowest BCUT2D eigenvalue weighted by Crippen LogP contribution is -1.94. The van der Waals surface area contributed by atoms with Gasteiger partial charge in [0.15, 0.2) is 0 Å². The van der Waals surface area contributed by atoms with Gasteiger partial charge in [0.25, 0.3) is 0 Å². The molecule has 0 spiro atoms. The number of aryl methyl sites for hydroxylation is 2. The van der Waals surface area contributed by atoms with Crippen molar-refractivity contribution in [2.75, 3.05) is 5.73 Å². The molecule has 0 fully saturated rings. The van der Waals surface area contributed by atoms with Crippen LogP contribution in [0.4, 0.5) is 5.69 Å². The first-order valence-corrected chi connectivity index (χ1v) is 6.13. The van der Waals surface area contributed by atoms with Gasteiger partial charge in [-0.3, -0.25) is 0 Å². The zero-order valence-corrected chi connectivity index (χ0v) is 11.5. The third kappa shape index (κ3) is 2.81. The van der Waals surface area contributed by atoms with Crippen molar-refractivity contribution in [1.29, 1.82) is 5.26 Å². The van der Waals surface area contributed by atoms with Crippen LogP contribution in [0, 0.1) is 25.2 Å². The Bertz CT molecular complexity index is 675. The maximum atomic E-state index is 8.91. The summed E-state index contributed by atoms with van der Waals surface area (Å²) >= 11 is 5.99. The highest BCUT2D eigenvalue weighted by atomic mass is 35.5. The van der Waals surface area contributed by atoms with Crippen LogP contribution in [0.3, 0.4) is 0 Å². The maximum Gasteiger partial charge on any atom is 0.131 e. The Morgan fingerprint density at radius 1 is 1.11 bits per heavy atom. The number of benzene rings is 2. The molecule has 96 valence electrons. The minimum absolute atomic E-state index is 0.453. The minimum atomic E-state index is 0.453. The van der Waals surface area contributed by atoms with Crippen LogP contribution < -0.4 is 10.5 Å². The van der Waals surface area contributed by atoms with E-state index in [-0.39, 0.29) is 0 Å². The number of nitrogens with two attached hydrogens (primary N) is 1. The van der Waals surface area contributed by atoms with Crippen LogP contribution in [0.15, 0.2) is 30.3 Å². The van der Waals surface area contributed by atoms with Gasteiger partial charge in [-0.1, -0.05) is 17.7 Å². The van der Waals surface area contributed by atoms with Gasteiger partial charge in [-0.15, -0.1) is 0 Å². The van der Waals surface area contributed by atoms with Gasteiger partial charge in [0.05, 0.1) is 22.3 Å². The molecule has 0 aliphatic heterocycles. The summed E-state index contributed by atoms with van der Waals surface area (Å²) in [5.74, 6) is 1.28. The molecule has 2 aromatic carbocycles. The average molecular weight is 273 g/mol. The Morgan fingerprint density at radius 3 is 2.47 bits per heavy atom. The summed E-state index contributed by atoms with van der Waals surface area (Å²) in [6.45, 7) is 3.82. The number of anilines is 1. The third-order valence-electron chi connectivity index (χ3n) is 2.83. The molecular formula is C15H13ClN2O. The Morgan fingerprint density at radius 2 is 1.79 bits per heavy atom. The van der Waals surface area contributed by atoms with Gasteiger partial charge in [0, 0.05) is 6.07 Å². The second kappa shape index (κ2) is 5.21. The van der Waals surface area contributed by atoms with Gasteiger partial charge in [-0.25, -0.2) is 0 Å². The SMILES string of the molecule is Cc1ccc(C#N)cc1Oc1cc(Cl)c(N)cc1C. The van der Waals surface area contributed by atoms with Crippen molar-refractivity contribution >= 4 is 17.3 Å². The van der Waals surface area contributed by atoms with Crippen LogP contribution in [-0.2, 0) is 0 Å². The summed E-state index contributed by atoms with van der Waals surface area (Å²) in [5.41, 5.74) is 8.65. The van der Waals surface area contributed by atoms with E-state index in [4.69, 9.17) is 27.3 Å². The molecule has 4 heteroatoms. The minimum Gasteiger partial charge on any atom is -0.457 e. The number of nitriles is 1. The zero-order valence-electron chi connectivity index (χ0n) is 10.7. The predicted octanol–water partition coefficient (Wildman–Crippen LogP) is 4.20. The first-order chi connectivity index (χ1) is 9.01. The molecule has 0 aromatic heterocycles. The number of ether oxygens (including phenoxy) is 1. The lowest BCUT2D eigenvalue weighted by Gasteiger charge is -2.12. The van der Waals surface area contributed by atoms with Gasteiger partial charge >= 0.3 is 0 Å². The fourth-order valence-corrected chi connectivity index (χ4v) is 1.85. The topological polar surface area (TPSA) is 59.0 Å². The molecule has 0 aliphatic carbocycles. The highest BCUT2D eigenvalue weighted by molar-refractivity contribution is 6.33. The van der Waals surface area contributed by atoms with E-state index < -0.39 is 0 Å². The number of nitrogen functional groups attached to an aromatic ring is 1. The monoisotopic (exact) mass is 272 g/mol. The fourth-order valence-electron chi connectivity index (χ4n) is 1.69. The van der Waals surface area contributed by atoms with Crippen LogP contribution in [0.5, 0.6) is 11.5 Å². The molecule has 0 radical (unpaired) electrons. The molecule has 19 heavy (non-hydrogen) atoms. The molecule has 2 N–H and O–H groups in total. The molecule has 0 amide bonds. The summed E-state index contributed by atoms with van der Waals surface area (Å²) in [5, 5.41) is 9.36. The number of hydrogen-bond donors (Lipinski definition) is 1. The van der Waals surface area contributed by atoms with E-state index in [1.165, 1.54) is 0 Å². The van der Waals surface area contributed by atoms with E-state index in [9.17, 15) is 0 Å². The van der Waals surface area contributed by atoms with Gasteiger partial charge in [0.2, 0.25) is 0 Å². The molecular weight excluding hydrogens is 260 g/mol. The summed E-state index contributed by atoms with van der Waals surface area (Å²) in [6.07, 6.45) is 0. The van der Waals surface area contributed by atoms with E-state index in [0.29, 0.717) is 27.8 Å². The van der Waals surface area contributed by atoms with Crippen molar-refractivity contribution in [2.24, 2.45) is 0 Å². The van der Waals surface area contributed by atoms with E-state index in [0.717, 1.165) is 11.1 Å². The molecule has 2 rings (SSSR count).